The summed E-state index contributed by atoms with van der Waals surface area (Å²) in [6.45, 7) is 0. The van der Waals surface area contributed by atoms with E-state index in [1.165, 1.54) is 18.3 Å². The van der Waals surface area contributed by atoms with Crippen molar-refractivity contribution in [2.24, 2.45) is 5.73 Å². The second-order valence-electron chi connectivity index (χ2n) is 4.03. The average molecular weight is 263 g/mol. The number of benzene rings is 1. The molecule has 1 amide bonds. The van der Waals surface area contributed by atoms with E-state index < -0.39 is 17.5 Å². The quantitative estimate of drug-likeness (QED) is 0.826. The number of carbonyl (C=O) groups is 1. The zero-order chi connectivity index (χ0) is 14.0. The highest BCUT2D eigenvalue weighted by Crippen LogP contribution is 2.26. The van der Waals surface area contributed by atoms with E-state index in [0.29, 0.717) is 11.3 Å². The molecule has 4 nitrogen and oxygen atoms in total. The Bertz CT molecular complexity index is 644. The summed E-state index contributed by atoms with van der Waals surface area (Å²) < 4.78 is 27.1. The van der Waals surface area contributed by atoms with Gasteiger partial charge in [-0.1, -0.05) is 0 Å². The van der Waals surface area contributed by atoms with Gasteiger partial charge in [0.05, 0.1) is 17.8 Å². The van der Waals surface area contributed by atoms with E-state index in [9.17, 15) is 13.6 Å². The van der Waals surface area contributed by atoms with E-state index in [1.54, 1.807) is 0 Å². The van der Waals surface area contributed by atoms with Crippen molar-refractivity contribution in [3.05, 3.63) is 47.8 Å². The van der Waals surface area contributed by atoms with Gasteiger partial charge in [0.15, 0.2) is 0 Å². The second kappa shape index (κ2) is 5.01. The largest absolute Gasteiger partial charge is 0.396 e. The smallest absolute Gasteiger partial charge is 0.223 e. The summed E-state index contributed by atoms with van der Waals surface area (Å²) in [6.07, 6.45) is 1.34. The normalized spacial score (nSPS) is 10.4. The van der Waals surface area contributed by atoms with Crippen molar-refractivity contribution < 1.29 is 13.6 Å². The van der Waals surface area contributed by atoms with Crippen molar-refractivity contribution in [1.82, 2.24) is 4.98 Å². The van der Waals surface area contributed by atoms with E-state index >= 15 is 0 Å². The number of carbonyl (C=O) groups excluding carboxylic acids is 1. The summed E-state index contributed by atoms with van der Waals surface area (Å²) in [5, 5.41) is 0. The van der Waals surface area contributed by atoms with Gasteiger partial charge in [-0.25, -0.2) is 8.78 Å². The first kappa shape index (κ1) is 12.9. The van der Waals surface area contributed by atoms with E-state index in [4.69, 9.17) is 11.5 Å². The summed E-state index contributed by atoms with van der Waals surface area (Å²) in [5.41, 5.74) is 10.9. The third-order valence-electron chi connectivity index (χ3n) is 2.57. The van der Waals surface area contributed by atoms with E-state index in [0.717, 1.165) is 12.1 Å². The maximum atomic E-state index is 13.8. The minimum atomic E-state index is -0.704. The number of amides is 1. The fourth-order valence-corrected chi connectivity index (χ4v) is 1.70. The standard InChI is InChI=1S/C13H11F2N3O/c14-10-6-12(16)11(15)5-9(10)7-1-2-18-8(3-7)4-13(17)19/h1-3,5-6H,4,16H2,(H2,17,19). The molecule has 0 bridgehead atoms. The molecule has 0 aliphatic heterocycles. The van der Waals surface area contributed by atoms with Gasteiger partial charge in [0.25, 0.3) is 0 Å². The Kier molecular flexibility index (Phi) is 3.41. The lowest BCUT2D eigenvalue weighted by Gasteiger charge is -2.07. The number of halogens is 2. The summed E-state index contributed by atoms with van der Waals surface area (Å²) in [4.78, 5) is 14.7. The van der Waals surface area contributed by atoms with Crippen molar-refractivity contribution in [3.63, 3.8) is 0 Å². The third-order valence-corrected chi connectivity index (χ3v) is 2.57. The lowest BCUT2D eigenvalue weighted by atomic mass is 10.0. The van der Waals surface area contributed by atoms with E-state index in [2.05, 4.69) is 4.98 Å². The summed E-state index contributed by atoms with van der Waals surface area (Å²) in [6, 6.07) is 4.92. The van der Waals surface area contributed by atoms with Gasteiger partial charge in [0, 0.05) is 17.8 Å². The van der Waals surface area contributed by atoms with Crippen molar-refractivity contribution in [3.8, 4) is 11.1 Å². The third kappa shape index (κ3) is 2.85. The first-order chi connectivity index (χ1) is 8.97. The van der Waals surface area contributed by atoms with E-state index in [-0.39, 0.29) is 17.7 Å². The molecule has 1 aromatic heterocycles. The number of nitrogens with two attached hydrogens (primary N) is 2. The van der Waals surface area contributed by atoms with Crippen LogP contribution in [0.1, 0.15) is 5.69 Å². The molecule has 0 saturated heterocycles. The fourth-order valence-electron chi connectivity index (χ4n) is 1.70. The van der Waals surface area contributed by atoms with Crippen LogP contribution in [0.25, 0.3) is 11.1 Å². The zero-order valence-corrected chi connectivity index (χ0v) is 9.86. The minimum absolute atomic E-state index is 0.0554. The topological polar surface area (TPSA) is 82.0 Å². The number of aromatic nitrogens is 1. The number of primary amides is 1. The lowest BCUT2D eigenvalue weighted by molar-refractivity contribution is -0.117. The molecule has 0 aliphatic rings. The van der Waals surface area contributed by atoms with Crippen LogP contribution in [0.5, 0.6) is 0 Å². The highest BCUT2D eigenvalue weighted by atomic mass is 19.1. The van der Waals surface area contributed by atoms with Crippen LogP contribution in [0.15, 0.2) is 30.5 Å². The Morgan fingerprint density at radius 3 is 2.63 bits per heavy atom. The average Bonchev–Trinajstić information content (AvgIpc) is 2.33. The number of hydrogen-bond donors (Lipinski definition) is 2. The van der Waals surface area contributed by atoms with Crippen molar-refractivity contribution >= 4 is 11.6 Å². The molecule has 0 radical (unpaired) electrons. The van der Waals surface area contributed by atoms with Crippen molar-refractivity contribution in [2.75, 3.05) is 5.73 Å². The van der Waals surface area contributed by atoms with Crippen LogP contribution in [0.3, 0.4) is 0 Å². The van der Waals surface area contributed by atoms with Crippen LogP contribution in [0.4, 0.5) is 14.5 Å². The van der Waals surface area contributed by atoms with Crippen LogP contribution in [0, 0.1) is 11.6 Å². The molecule has 98 valence electrons. The molecule has 2 rings (SSSR count). The number of pyridine rings is 1. The van der Waals surface area contributed by atoms with Crippen LogP contribution < -0.4 is 11.5 Å². The molecule has 2 aromatic rings. The Hall–Kier alpha value is -2.50. The lowest BCUT2D eigenvalue weighted by Crippen LogP contribution is -2.14. The molecule has 1 aromatic carbocycles. The van der Waals surface area contributed by atoms with Crippen LogP contribution in [-0.4, -0.2) is 10.9 Å². The number of nitrogen functional groups attached to an aromatic ring is 1. The first-order valence-corrected chi connectivity index (χ1v) is 5.45. The summed E-state index contributed by atoms with van der Waals surface area (Å²) in [7, 11) is 0. The van der Waals surface area contributed by atoms with Gasteiger partial charge in [0.1, 0.15) is 11.6 Å². The molecule has 1 heterocycles. The fraction of sp³-hybridized carbons (Fsp3) is 0.0769. The van der Waals surface area contributed by atoms with Gasteiger partial charge in [0.2, 0.25) is 5.91 Å². The van der Waals surface area contributed by atoms with Crippen LogP contribution in [-0.2, 0) is 11.2 Å². The predicted molar refractivity (Wildman–Crippen MR) is 66.9 cm³/mol. The molecule has 0 unspecified atom stereocenters. The van der Waals surface area contributed by atoms with Gasteiger partial charge in [-0.05, 0) is 23.8 Å². The molecule has 0 saturated carbocycles. The highest BCUT2D eigenvalue weighted by molar-refractivity contribution is 5.77. The van der Waals surface area contributed by atoms with Crippen LogP contribution >= 0.6 is 0 Å². The maximum Gasteiger partial charge on any atom is 0.223 e. The summed E-state index contributed by atoms with van der Waals surface area (Å²) >= 11 is 0. The molecule has 4 N–H and O–H groups in total. The molecule has 6 heteroatoms. The molecular formula is C13H11F2N3O. The monoisotopic (exact) mass is 263 g/mol. The number of rotatable bonds is 3. The van der Waals surface area contributed by atoms with Gasteiger partial charge >= 0.3 is 0 Å². The number of hydrogen-bond acceptors (Lipinski definition) is 3. The first-order valence-electron chi connectivity index (χ1n) is 5.45. The Balaban J connectivity index is 2.47. The highest BCUT2D eigenvalue weighted by Gasteiger charge is 2.11. The molecule has 0 aliphatic carbocycles. The molecular weight excluding hydrogens is 252 g/mol. The Labute approximate surface area is 108 Å². The Morgan fingerprint density at radius 1 is 1.21 bits per heavy atom. The maximum absolute atomic E-state index is 13.8. The minimum Gasteiger partial charge on any atom is -0.396 e. The van der Waals surface area contributed by atoms with Gasteiger partial charge in [-0.2, -0.15) is 0 Å². The van der Waals surface area contributed by atoms with Gasteiger partial charge in [-0.3, -0.25) is 9.78 Å². The molecule has 0 spiro atoms. The number of anilines is 1. The predicted octanol–water partition coefficient (Wildman–Crippen LogP) is 1.64. The molecule has 0 fully saturated rings. The summed E-state index contributed by atoms with van der Waals surface area (Å²) in [5.74, 6) is -1.90. The van der Waals surface area contributed by atoms with Crippen LogP contribution in [0.2, 0.25) is 0 Å². The number of nitrogens with zero attached hydrogens (tertiary/aromatic N) is 1. The Morgan fingerprint density at radius 2 is 1.95 bits per heavy atom. The zero-order valence-electron chi connectivity index (χ0n) is 9.86. The van der Waals surface area contributed by atoms with E-state index in [1.807, 2.05) is 0 Å². The van der Waals surface area contributed by atoms with Crippen molar-refractivity contribution in [2.45, 2.75) is 6.42 Å². The van der Waals surface area contributed by atoms with Gasteiger partial charge in [-0.15, -0.1) is 0 Å². The molecule has 19 heavy (non-hydrogen) atoms. The van der Waals surface area contributed by atoms with Gasteiger partial charge < -0.3 is 11.5 Å². The molecule has 0 atom stereocenters. The van der Waals surface area contributed by atoms with Crippen molar-refractivity contribution in [1.29, 1.82) is 0 Å². The second-order valence-corrected chi connectivity index (χ2v) is 4.03. The SMILES string of the molecule is NC(=O)Cc1cc(-c2cc(F)c(N)cc2F)ccn1.